The Morgan fingerprint density at radius 1 is 0.881 bits per heavy atom. The van der Waals surface area contributed by atoms with Crippen LogP contribution in [0.25, 0.3) is 10.9 Å². The monoisotopic (exact) mass is 578 g/mol. The summed E-state index contributed by atoms with van der Waals surface area (Å²) in [5, 5.41) is 7.08. The van der Waals surface area contributed by atoms with Gasteiger partial charge in [-0.3, -0.25) is 9.69 Å². The summed E-state index contributed by atoms with van der Waals surface area (Å²) >= 11 is 0. The number of aromatic nitrogens is 1. The highest BCUT2D eigenvalue weighted by Crippen LogP contribution is 2.29. The molecule has 0 radical (unpaired) electrons. The molecule has 1 saturated carbocycles. The van der Waals surface area contributed by atoms with E-state index >= 15 is 0 Å². The summed E-state index contributed by atoms with van der Waals surface area (Å²) in [6.07, 6.45) is 6.11. The Morgan fingerprint density at radius 3 is 2.14 bits per heavy atom. The number of piperazine rings is 1. The Kier molecular flexibility index (Phi) is 9.88. The van der Waals surface area contributed by atoms with Crippen LogP contribution >= 0.6 is 0 Å². The van der Waals surface area contributed by atoms with E-state index in [2.05, 4.69) is 32.4 Å². The topological polar surface area (TPSA) is 90.0 Å². The van der Waals surface area contributed by atoms with Crippen molar-refractivity contribution in [3.63, 3.8) is 0 Å². The summed E-state index contributed by atoms with van der Waals surface area (Å²) in [4.78, 5) is 38.0. The van der Waals surface area contributed by atoms with E-state index in [1.165, 1.54) is 0 Å². The van der Waals surface area contributed by atoms with Crippen LogP contribution in [-0.2, 0) is 4.74 Å². The molecule has 5 rings (SSSR count). The number of ether oxygens (including phenoxy) is 1. The summed E-state index contributed by atoms with van der Waals surface area (Å²) in [6.45, 7) is 13.5. The smallest absolute Gasteiger partial charge is 0.407 e. The van der Waals surface area contributed by atoms with Gasteiger partial charge in [0.25, 0.3) is 5.91 Å². The average molecular weight is 579 g/mol. The molecule has 0 atom stereocenters. The van der Waals surface area contributed by atoms with E-state index in [-0.39, 0.29) is 12.0 Å². The molecule has 9 heteroatoms. The lowest BCUT2D eigenvalue weighted by Gasteiger charge is -2.42. The van der Waals surface area contributed by atoms with Gasteiger partial charge < -0.3 is 25.2 Å². The zero-order valence-corrected chi connectivity index (χ0v) is 26.0. The lowest BCUT2D eigenvalue weighted by molar-refractivity contribution is 0.0512. The van der Waals surface area contributed by atoms with E-state index in [0.717, 1.165) is 94.5 Å². The van der Waals surface area contributed by atoms with E-state index in [4.69, 9.17) is 9.72 Å². The molecule has 1 aromatic carbocycles. The second-order valence-corrected chi connectivity index (χ2v) is 13.6. The number of hydrogen-bond donors (Lipinski definition) is 2. The number of rotatable bonds is 7. The lowest BCUT2D eigenvalue weighted by atomic mass is 9.82. The van der Waals surface area contributed by atoms with Crippen LogP contribution in [0.3, 0.4) is 0 Å². The third kappa shape index (κ3) is 8.13. The van der Waals surface area contributed by atoms with Crippen molar-refractivity contribution in [3.05, 3.63) is 35.9 Å². The molecule has 1 aliphatic carbocycles. The van der Waals surface area contributed by atoms with Gasteiger partial charge in [-0.05, 0) is 90.3 Å². The number of nitrogens with zero attached hydrogens (tertiary/aromatic N) is 4. The summed E-state index contributed by atoms with van der Waals surface area (Å²) in [5.41, 5.74) is 1.11. The molecule has 1 aromatic heterocycles. The van der Waals surface area contributed by atoms with Crippen molar-refractivity contribution in [1.82, 2.24) is 25.4 Å². The van der Waals surface area contributed by atoms with Gasteiger partial charge in [-0.2, -0.15) is 0 Å². The molecule has 0 unspecified atom stereocenters. The Labute approximate surface area is 251 Å². The maximum absolute atomic E-state index is 13.5. The van der Waals surface area contributed by atoms with Crippen molar-refractivity contribution in [1.29, 1.82) is 0 Å². The lowest BCUT2D eigenvalue weighted by Crippen LogP contribution is -2.52. The van der Waals surface area contributed by atoms with Gasteiger partial charge in [0.15, 0.2) is 0 Å². The van der Waals surface area contributed by atoms with Crippen molar-refractivity contribution < 1.29 is 14.3 Å². The third-order valence-electron chi connectivity index (χ3n) is 9.24. The number of nitrogens with one attached hydrogen (secondary N) is 2. The fraction of sp³-hybridized carbons (Fsp3) is 0.667. The molecule has 3 fully saturated rings. The number of likely N-dealkylation sites (N-methyl/N-ethyl adjacent to an activating group) is 1. The molecule has 2 amide bonds. The van der Waals surface area contributed by atoms with E-state index in [1.807, 2.05) is 51.1 Å². The minimum Gasteiger partial charge on any atom is -0.444 e. The first-order chi connectivity index (χ1) is 20.1. The molecular weight excluding hydrogens is 528 g/mol. The van der Waals surface area contributed by atoms with E-state index in [9.17, 15) is 9.59 Å². The quantitative estimate of drug-likeness (QED) is 0.500. The summed E-state index contributed by atoms with van der Waals surface area (Å²) in [6, 6.07) is 10.6. The average Bonchev–Trinajstić information content (AvgIpc) is 2.98. The van der Waals surface area contributed by atoms with Gasteiger partial charge in [0.05, 0.1) is 11.1 Å². The molecule has 0 spiro atoms. The molecule has 42 heavy (non-hydrogen) atoms. The predicted molar refractivity (Wildman–Crippen MR) is 168 cm³/mol. The number of pyridine rings is 1. The van der Waals surface area contributed by atoms with Gasteiger partial charge in [-0.1, -0.05) is 18.2 Å². The van der Waals surface area contributed by atoms with Gasteiger partial charge in [-0.15, -0.1) is 0 Å². The number of carbonyl (C=O) groups is 2. The van der Waals surface area contributed by atoms with E-state index in [0.29, 0.717) is 36.5 Å². The van der Waals surface area contributed by atoms with Gasteiger partial charge >= 0.3 is 6.09 Å². The molecule has 2 aliphatic heterocycles. The van der Waals surface area contributed by atoms with Crippen molar-refractivity contribution in [2.24, 2.45) is 11.8 Å². The zero-order valence-electron chi connectivity index (χ0n) is 26.0. The predicted octanol–water partition coefficient (Wildman–Crippen LogP) is 4.51. The number of amides is 2. The zero-order chi connectivity index (χ0) is 29.7. The molecule has 3 heterocycles. The number of benzene rings is 1. The van der Waals surface area contributed by atoms with Crippen molar-refractivity contribution in [2.75, 3.05) is 64.3 Å². The molecular formula is C33H50N6O3. The fourth-order valence-corrected chi connectivity index (χ4v) is 6.67. The van der Waals surface area contributed by atoms with Crippen LogP contribution in [0, 0.1) is 11.8 Å². The number of fused-ring (bicyclic) bond motifs is 1. The molecule has 230 valence electrons. The molecule has 3 aliphatic rings. The van der Waals surface area contributed by atoms with Crippen LogP contribution in [0.5, 0.6) is 0 Å². The van der Waals surface area contributed by atoms with Gasteiger partial charge in [0.2, 0.25) is 0 Å². The summed E-state index contributed by atoms with van der Waals surface area (Å²) in [7, 11) is 2.21. The standard InChI is InChI=1S/C33H50N6O3/c1-33(2,3)42-32(41)35-23-25-11-9-24(10-12-25)22-34-31(40)28-21-30(36-29-8-6-5-7-27(28)29)39-15-13-26(14-16-39)38-19-17-37(4)18-20-38/h5-8,21,24-26H,9-20,22-23H2,1-4H3,(H,34,40)(H,35,41). The Bertz CT molecular complexity index is 1210. The summed E-state index contributed by atoms with van der Waals surface area (Å²) < 4.78 is 5.36. The molecule has 9 nitrogen and oxygen atoms in total. The van der Waals surface area contributed by atoms with Gasteiger partial charge in [-0.25, -0.2) is 9.78 Å². The molecule has 2 aromatic rings. The number of anilines is 1. The first-order valence-electron chi connectivity index (χ1n) is 16.0. The minimum absolute atomic E-state index is 0.0177. The fourth-order valence-electron chi connectivity index (χ4n) is 6.67. The highest BCUT2D eigenvalue weighted by molar-refractivity contribution is 6.07. The maximum Gasteiger partial charge on any atom is 0.407 e. The Balaban J connectivity index is 1.14. The van der Waals surface area contributed by atoms with Gasteiger partial charge in [0.1, 0.15) is 11.4 Å². The first kappa shape index (κ1) is 30.5. The van der Waals surface area contributed by atoms with Crippen LogP contribution in [-0.4, -0.2) is 97.8 Å². The van der Waals surface area contributed by atoms with Crippen molar-refractivity contribution >= 4 is 28.7 Å². The largest absolute Gasteiger partial charge is 0.444 e. The normalized spacial score (nSPS) is 23.1. The van der Waals surface area contributed by atoms with Crippen LogP contribution < -0.4 is 15.5 Å². The van der Waals surface area contributed by atoms with Crippen molar-refractivity contribution in [3.8, 4) is 0 Å². The minimum atomic E-state index is -0.484. The highest BCUT2D eigenvalue weighted by Gasteiger charge is 2.28. The second-order valence-electron chi connectivity index (χ2n) is 13.6. The molecule has 2 N–H and O–H groups in total. The third-order valence-corrected chi connectivity index (χ3v) is 9.24. The molecule has 2 saturated heterocycles. The number of alkyl carbamates (subject to hydrolysis) is 1. The van der Waals surface area contributed by atoms with Crippen LogP contribution in [0.4, 0.5) is 10.6 Å². The van der Waals surface area contributed by atoms with Crippen molar-refractivity contribution in [2.45, 2.75) is 70.9 Å². The number of hydrogen-bond acceptors (Lipinski definition) is 7. The highest BCUT2D eigenvalue weighted by atomic mass is 16.6. The van der Waals surface area contributed by atoms with Crippen LogP contribution in [0.1, 0.15) is 69.7 Å². The van der Waals surface area contributed by atoms with E-state index in [1.54, 1.807) is 0 Å². The SMILES string of the molecule is CN1CCN(C2CCN(c3cc(C(=O)NCC4CCC(CNC(=O)OC(C)(C)C)CC4)c4ccccc4n3)CC2)CC1. The van der Waals surface area contributed by atoms with Gasteiger partial charge in [0, 0.05) is 63.8 Å². The Morgan fingerprint density at radius 2 is 1.50 bits per heavy atom. The second kappa shape index (κ2) is 13.6. The summed E-state index contributed by atoms with van der Waals surface area (Å²) in [5.74, 6) is 1.80. The number of para-hydroxylation sites is 1. The maximum atomic E-state index is 13.5. The van der Waals surface area contributed by atoms with Crippen LogP contribution in [0.15, 0.2) is 30.3 Å². The van der Waals surface area contributed by atoms with Crippen LogP contribution in [0.2, 0.25) is 0 Å². The Hall–Kier alpha value is -2.91. The first-order valence-corrected chi connectivity index (χ1v) is 16.0. The van der Waals surface area contributed by atoms with E-state index < -0.39 is 5.60 Å². The molecule has 0 bridgehead atoms. The number of carbonyl (C=O) groups excluding carboxylic acids is 2. The number of piperidine rings is 1.